The second-order valence-electron chi connectivity index (χ2n) is 8.48. The molecule has 1 unspecified atom stereocenters. The predicted octanol–water partition coefficient (Wildman–Crippen LogP) is 6.31. The minimum Gasteiger partial charge on any atom is -0.494 e. The standard InChI is InChI=1S/C26H32N2O3S/c1-4-5-6-15-30-21-12-10-20(11-13-21)25(29)28(17-22-8-7-16-31-22)26-27-24-19(3)18(2)9-14-23(24)32-26/h9-14,22H,4-8,15-17H2,1-3H3. The number of hydrogen-bond donors (Lipinski definition) is 0. The summed E-state index contributed by atoms with van der Waals surface area (Å²) in [6, 6.07) is 11.7. The number of benzene rings is 2. The van der Waals surface area contributed by atoms with Crippen LogP contribution in [0.25, 0.3) is 10.2 Å². The van der Waals surface area contributed by atoms with Crippen LogP contribution in [0.15, 0.2) is 36.4 Å². The molecule has 3 aromatic rings. The van der Waals surface area contributed by atoms with E-state index in [4.69, 9.17) is 14.5 Å². The first-order valence-corrected chi connectivity index (χ1v) is 12.4. The van der Waals surface area contributed by atoms with Crippen molar-refractivity contribution in [1.82, 2.24) is 4.98 Å². The second kappa shape index (κ2) is 10.5. The van der Waals surface area contributed by atoms with Crippen LogP contribution in [0.4, 0.5) is 5.13 Å². The van der Waals surface area contributed by atoms with Crippen LogP contribution in [0, 0.1) is 13.8 Å². The van der Waals surface area contributed by atoms with Gasteiger partial charge in [0, 0.05) is 12.2 Å². The minimum atomic E-state index is -0.0496. The number of thiazole rings is 1. The number of fused-ring (bicyclic) bond motifs is 1. The fraction of sp³-hybridized carbons (Fsp3) is 0.462. The number of rotatable bonds is 9. The van der Waals surface area contributed by atoms with Crippen LogP contribution in [0.1, 0.15) is 60.5 Å². The molecule has 1 atom stereocenters. The van der Waals surface area contributed by atoms with Gasteiger partial charge in [-0.1, -0.05) is 37.2 Å². The van der Waals surface area contributed by atoms with E-state index in [1.54, 1.807) is 16.2 Å². The number of aryl methyl sites for hydroxylation is 2. The average molecular weight is 453 g/mol. The molecule has 0 radical (unpaired) electrons. The molecule has 6 heteroatoms. The third-order valence-electron chi connectivity index (χ3n) is 6.08. The maximum atomic E-state index is 13.6. The number of hydrogen-bond acceptors (Lipinski definition) is 5. The topological polar surface area (TPSA) is 51.7 Å². The predicted molar refractivity (Wildman–Crippen MR) is 131 cm³/mol. The van der Waals surface area contributed by atoms with E-state index in [0.29, 0.717) is 18.7 Å². The Morgan fingerprint density at radius 1 is 1.19 bits per heavy atom. The van der Waals surface area contributed by atoms with E-state index in [1.807, 2.05) is 24.3 Å². The molecule has 1 aliphatic heterocycles. The Bertz CT molecular complexity index is 1050. The maximum Gasteiger partial charge on any atom is 0.260 e. The first-order chi connectivity index (χ1) is 15.6. The number of ether oxygens (including phenoxy) is 2. The molecule has 1 aliphatic rings. The summed E-state index contributed by atoms with van der Waals surface area (Å²) in [4.78, 5) is 20.2. The van der Waals surface area contributed by atoms with Crippen molar-refractivity contribution >= 4 is 32.6 Å². The minimum absolute atomic E-state index is 0.0496. The highest BCUT2D eigenvalue weighted by Gasteiger charge is 2.27. The lowest BCUT2D eigenvalue weighted by atomic mass is 10.1. The largest absolute Gasteiger partial charge is 0.494 e. The summed E-state index contributed by atoms with van der Waals surface area (Å²) >= 11 is 1.57. The summed E-state index contributed by atoms with van der Waals surface area (Å²) in [5.74, 6) is 0.751. The molecule has 1 aromatic heterocycles. The number of anilines is 1. The lowest BCUT2D eigenvalue weighted by Crippen LogP contribution is -2.37. The number of aromatic nitrogens is 1. The van der Waals surface area contributed by atoms with Gasteiger partial charge in [-0.2, -0.15) is 0 Å². The van der Waals surface area contributed by atoms with Crippen molar-refractivity contribution in [3.63, 3.8) is 0 Å². The Kier molecular flexibility index (Phi) is 7.43. The van der Waals surface area contributed by atoms with Crippen LogP contribution in [0.2, 0.25) is 0 Å². The Morgan fingerprint density at radius 2 is 2.00 bits per heavy atom. The molecule has 0 N–H and O–H groups in total. The number of unbranched alkanes of at least 4 members (excludes halogenated alkanes) is 2. The summed E-state index contributed by atoms with van der Waals surface area (Å²) in [6.45, 7) is 8.34. The van der Waals surface area contributed by atoms with Gasteiger partial charge in [0.05, 0.1) is 29.5 Å². The van der Waals surface area contributed by atoms with E-state index in [0.717, 1.165) is 53.4 Å². The Hall–Kier alpha value is -2.44. The van der Waals surface area contributed by atoms with Gasteiger partial charge in [-0.3, -0.25) is 9.69 Å². The molecule has 32 heavy (non-hydrogen) atoms. The van der Waals surface area contributed by atoms with E-state index in [-0.39, 0.29) is 12.0 Å². The summed E-state index contributed by atoms with van der Waals surface area (Å²) in [6.07, 6.45) is 5.43. The fourth-order valence-electron chi connectivity index (χ4n) is 3.96. The normalized spacial score (nSPS) is 15.9. The number of nitrogens with zero attached hydrogens (tertiary/aromatic N) is 2. The van der Waals surface area contributed by atoms with E-state index >= 15 is 0 Å². The average Bonchev–Trinajstić information content (AvgIpc) is 3.48. The third-order valence-corrected chi connectivity index (χ3v) is 7.12. The molecule has 2 aromatic carbocycles. The van der Waals surface area contributed by atoms with Crippen molar-refractivity contribution in [1.29, 1.82) is 0 Å². The van der Waals surface area contributed by atoms with Gasteiger partial charge < -0.3 is 9.47 Å². The van der Waals surface area contributed by atoms with E-state index in [1.165, 1.54) is 17.5 Å². The molecule has 1 saturated heterocycles. The van der Waals surface area contributed by atoms with Crippen LogP contribution < -0.4 is 9.64 Å². The highest BCUT2D eigenvalue weighted by molar-refractivity contribution is 7.22. The van der Waals surface area contributed by atoms with Crippen molar-refractivity contribution in [3.8, 4) is 5.75 Å². The molecule has 0 aliphatic carbocycles. The zero-order valence-electron chi connectivity index (χ0n) is 19.2. The smallest absolute Gasteiger partial charge is 0.260 e. The summed E-state index contributed by atoms with van der Waals surface area (Å²) in [5, 5.41) is 0.731. The Balaban J connectivity index is 1.57. The van der Waals surface area contributed by atoms with E-state index in [9.17, 15) is 4.79 Å². The van der Waals surface area contributed by atoms with Crippen LogP contribution in [-0.4, -0.2) is 36.8 Å². The van der Waals surface area contributed by atoms with Crippen molar-refractivity contribution in [2.75, 3.05) is 24.7 Å². The number of carbonyl (C=O) groups excluding carboxylic acids is 1. The molecule has 0 spiro atoms. The zero-order valence-corrected chi connectivity index (χ0v) is 20.0. The highest BCUT2D eigenvalue weighted by Crippen LogP contribution is 2.33. The van der Waals surface area contributed by atoms with Gasteiger partial charge in [0.25, 0.3) is 5.91 Å². The third kappa shape index (κ3) is 5.13. The van der Waals surface area contributed by atoms with Crippen LogP contribution in [-0.2, 0) is 4.74 Å². The van der Waals surface area contributed by atoms with E-state index < -0.39 is 0 Å². The van der Waals surface area contributed by atoms with Crippen LogP contribution >= 0.6 is 11.3 Å². The molecular weight excluding hydrogens is 420 g/mol. The van der Waals surface area contributed by atoms with Crippen molar-refractivity contribution in [2.45, 2.75) is 59.0 Å². The van der Waals surface area contributed by atoms with Gasteiger partial charge in [0.2, 0.25) is 0 Å². The monoisotopic (exact) mass is 452 g/mol. The first kappa shape index (κ1) is 22.7. The SMILES string of the molecule is CCCCCOc1ccc(C(=O)N(CC2CCCO2)c2nc3c(C)c(C)ccc3s2)cc1. The molecule has 0 saturated carbocycles. The highest BCUT2D eigenvalue weighted by atomic mass is 32.1. The van der Waals surface area contributed by atoms with Gasteiger partial charge in [-0.15, -0.1) is 0 Å². The summed E-state index contributed by atoms with van der Waals surface area (Å²) in [7, 11) is 0. The first-order valence-electron chi connectivity index (χ1n) is 11.6. The number of carbonyl (C=O) groups is 1. The van der Waals surface area contributed by atoms with Crippen LogP contribution in [0.3, 0.4) is 0 Å². The molecule has 170 valence electrons. The Morgan fingerprint density at radius 3 is 2.72 bits per heavy atom. The molecule has 0 bridgehead atoms. The quantitative estimate of drug-likeness (QED) is 0.357. The fourth-order valence-corrected chi connectivity index (χ4v) is 4.99. The molecule has 2 heterocycles. The maximum absolute atomic E-state index is 13.6. The summed E-state index contributed by atoms with van der Waals surface area (Å²) < 4.78 is 12.8. The van der Waals surface area contributed by atoms with Gasteiger partial charge in [-0.25, -0.2) is 4.98 Å². The molecule has 1 amide bonds. The van der Waals surface area contributed by atoms with Crippen molar-refractivity contribution in [3.05, 3.63) is 53.1 Å². The molecule has 5 nitrogen and oxygen atoms in total. The van der Waals surface area contributed by atoms with E-state index in [2.05, 4.69) is 32.9 Å². The van der Waals surface area contributed by atoms with Gasteiger partial charge in [-0.05, 0) is 74.6 Å². The lowest BCUT2D eigenvalue weighted by Gasteiger charge is -2.23. The molecular formula is C26H32N2O3S. The number of amides is 1. The lowest BCUT2D eigenvalue weighted by molar-refractivity contribution is 0.0917. The van der Waals surface area contributed by atoms with Crippen molar-refractivity contribution < 1.29 is 14.3 Å². The second-order valence-corrected chi connectivity index (χ2v) is 9.49. The van der Waals surface area contributed by atoms with Gasteiger partial charge in [0.15, 0.2) is 5.13 Å². The molecule has 1 fully saturated rings. The van der Waals surface area contributed by atoms with Gasteiger partial charge >= 0.3 is 0 Å². The van der Waals surface area contributed by atoms with Crippen LogP contribution in [0.5, 0.6) is 5.75 Å². The van der Waals surface area contributed by atoms with Gasteiger partial charge in [0.1, 0.15) is 5.75 Å². The Labute approximate surface area is 194 Å². The molecule has 4 rings (SSSR count). The van der Waals surface area contributed by atoms with Crippen molar-refractivity contribution in [2.24, 2.45) is 0 Å². The zero-order chi connectivity index (χ0) is 22.5. The summed E-state index contributed by atoms with van der Waals surface area (Å²) in [5.41, 5.74) is 3.99.